The average molecular weight is 179 g/mol. The fourth-order valence-corrected chi connectivity index (χ4v) is 2.18. The lowest BCUT2D eigenvalue weighted by Gasteiger charge is -2.14. The Kier molecular flexibility index (Phi) is 3.63. The molecule has 0 saturated heterocycles. The summed E-state index contributed by atoms with van der Waals surface area (Å²) in [6.07, 6.45) is 2.28. The molecule has 0 heterocycles. The Morgan fingerprint density at radius 2 is 1.91 bits per heavy atom. The molecule has 0 spiro atoms. The van der Waals surface area contributed by atoms with Crippen LogP contribution in [0.5, 0.6) is 0 Å². The van der Waals surface area contributed by atoms with Crippen molar-refractivity contribution in [1.82, 2.24) is 0 Å². The van der Waals surface area contributed by atoms with E-state index in [1.165, 1.54) is 0 Å². The van der Waals surface area contributed by atoms with Crippen LogP contribution in [-0.4, -0.2) is 28.8 Å². The van der Waals surface area contributed by atoms with E-state index in [9.17, 15) is 5.11 Å². The van der Waals surface area contributed by atoms with Gasteiger partial charge in [-0.05, 0) is 31.1 Å². The van der Waals surface area contributed by atoms with E-state index in [2.05, 4.69) is 0 Å². The van der Waals surface area contributed by atoms with Gasteiger partial charge in [-0.3, -0.25) is 0 Å². The van der Waals surface area contributed by atoms with Gasteiger partial charge in [-0.1, -0.05) is 0 Å². The number of rotatable bonds is 3. The molecule has 0 amide bonds. The zero-order chi connectivity index (χ0) is 8.27. The molecular weight excluding hydrogens is 164 g/mol. The molecule has 0 aromatic carbocycles. The van der Waals surface area contributed by atoms with Crippen LogP contribution in [-0.2, 0) is 0 Å². The maximum absolute atomic E-state index is 9.27. The molecule has 1 aliphatic carbocycles. The van der Waals surface area contributed by atoms with Crippen LogP contribution in [0.15, 0.2) is 0 Å². The summed E-state index contributed by atoms with van der Waals surface area (Å²) in [7, 11) is 0. The van der Waals surface area contributed by atoms with Crippen molar-refractivity contribution in [2.75, 3.05) is 12.5 Å². The summed E-state index contributed by atoms with van der Waals surface area (Å²) in [4.78, 5) is 0. The number of aliphatic hydroxyl groups excluding tert-OH is 2. The molecule has 2 N–H and O–H groups in total. The second-order valence-electron chi connectivity index (χ2n) is 3.31. The molecule has 0 aromatic heterocycles. The van der Waals surface area contributed by atoms with Gasteiger partial charge < -0.3 is 10.2 Å². The lowest BCUT2D eigenvalue weighted by Crippen LogP contribution is -2.12. The Bertz CT molecular complexity index is 119. The molecule has 0 bridgehead atoms. The van der Waals surface area contributed by atoms with Crippen molar-refractivity contribution < 1.29 is 10.2 Å². The largest absolute Gasteiger partial charge is 0.396 e. The van der Waals surface area contributed by atoms with Gasteiger partial charge in [0.05, 0.1) is 6.10 Å². The van der Waals surface area contributed by atoms with Gasteiger partial charge in [0.2, 0.25) is 0 Å². The summed E-state index contributed by atoms with van der Waals surface area (Å²) in [5, 5.41) is 18.2. The second kappa shape index (κ2) is 4.29. The molecule has 3 heteroatoms. The molecule has 0 radical (unpaired) electrons. The van der Waals surface area contributed by atoms with E-state index in [0.717, 1.165) is 19.3 Å². The molecule has 1 aliphatic rings. The fourth-order valence-electron chi connectivity index (χ4n) is 1.90. The molecule has 1 rings (SSSR count). The maximum atomic E-state index is 9.27. The van der Waals surface area contributed by atoms with Crippen molar-refractivity contribution in [1.29, 1.82) is 0 Å². The Labute approximate surface area is 72.2 Å². The van der Waals surface area contributed by atoms with Gasteiger partial charge in [0, 0.05) is 12.5 Å². The van der Waals surface area contributed by atoms with Crippen molar-refractivity contribution in [3.8, 4) is 0 Å². The molecule has 1 saturated carbocycles. The third kappa shape index (κ3) is 2.32. The van der Waals surface area contributed by atoms with E-state index >= 15 is 0 Å². The highest BCUT2D eigenvalue weighted by Gasteiger charge is 2.31. The lowest BCUT2D eigenvalue weighted by atomic mass is 9.95. The standard InChI is InChI=1S/C8H15ClO2/c9-2-1-6-3-8(11)4-7(6)5-10/h6-8,10-11H,1-5H2. The smallest absolute Gasteiger partial charge is 0.0546 e. The zero-order valence-corrected chi connectivity index (χ0v) is 7.30. The quantitative estimate of drug-likeness (QED) is 0.633. The van der Waals surface area contributed by atoms with Gasteiger partial charge in [-0.2, -0.15) is 0 Å². The molecule has 1 fully saturated rings. The Hall–Kier alpha value is 0.210. The molecule has 0 aliphatic heterocycles. The van der Waals surface area contributed by atoms with E-state index < -0.39 is 0 Å². The summed E-state index contributed by atoms with van der Waals surface area (Å²) < 4.78 is 0. The Morgan fingerprint density at radius 3 is 2.45 bits per heavy atom. The van der Waals surface area contributed by atoms with Crippen molar-refractivity contribution in [3.63, 3.8) is 0 Å². The molecule has 3 unspecified atom stereocenters. The van der Waals surface area contributed by atoms with Gasteiger partial charge >= 0.3 is 0 Å². The van der Waals surface area contributed by atoms with Gasteiger partial charge in [0.1, 0.15) is 0 Å². The van der Waals surface area contributed by atoms with Crippen LogP contribution in [0.4, 0.5) is 0 Å². The van der Waals surface area contributed by atoms with Crippen molar-refractivity contribution >= 4 is 11.6 Å². The first-order chi connectivity index (χ1) is 5.27. The third-order valence-electron chi connectivity index (χ3n) is 2.53. The van der Waals surface area contributed by atoms with E-state index in [0.29, 0.717) is 11.8 Å². The van der Waals surface area contributed by atoms with Crippen LogP contribution in [0, 0.1) is 11.8 Å². The monoisotopic (exact) mass is 178 g/mol. The highest BCUT2D eigenvalue weighted by atomic mass is 35.5. The minimum Gasteiger partial charge on any atom is -0.396 e. The lowest BCUT2D eigenvalue weighted by molar-refractivity contribution is 0.162. The summed E-state index contributed by atoms with van der Waals surface area (Å²) in [6.45, 7) is 0.193. The number of hydrogen-bond donors (Lipinski definition) is 2. The molecular formula is C8H15ClO2. The molecule has 66 valence electrons. The zero-order valence-electron chi connectivity index (χ0n) is 6.54. The average Bonchev–Trinajstić information content (AvgIpc) is 2.32. The summed E-state index contributed by atoms with van der Waals surface area (Å²) in [5.41, 5.74) is 0. The number of alkyl halides is 1. The minimum absolute atomic E-state index is 0.193. The van der Waals surface area contributed by atoms with Gasteiger partial charge in [0.25, 0.3) is 0 Å². The number of hydrogen-bond acceptors (Lipinski definition) is 2. The first-order valence-corrected chi connectivity index (χ1v) is 4.66. The van der Waals surface area contributed by atoms with Gasteiger partial charge in [-0.15, -0.1) is 11.6 Å². The normalized spacial score (nSPS) is 37.9. The molecule has 0 aromatic rings. The Morgan fingerprint density at radius 1 is 1.27 bits per heavy atom. The summed E-state index contributed by atoms with van der Waals surface area (Å²) in [5.74, 6) is 1.35. The first kappa shape index (κ1) is 9.30. The van der Waals surface area contributed by atoms with Crippen molar-refractivity contribution in [3.05, 3.63) is 0 Å². The van der Waals surface area contributed by atoms with E-state index in [1.807, 2.05) is 0 Å². The number of halogens is 1. The first-order valence-electron chi connectivity index (χ1n) is 4.12. The van der Waals surface area contributed by atoms with Crippen LogP contribution < -0.4 is 0 Å². The van der Waals surface area contributed by atoms with Crippen LogP contribution >= 0.6 is 11.6 Å². The highest BCUT2D eigenvalue weighted by molar-refractivity contribution is 6.17. The second-order valence-corrected chi connectivity index (χ2v) is 3.68. The van der Waals surface area contributed by atoms with Gasteiger partial charge in [-0.25, -0.2) is 0 Å². The number of aliphatic hydroxyl groups is 2. The van der Waals surface area contributed by atoms with Crippen LogP contribution in [0.2, 0.25) is 0 Å². The Balaban J connectivity index is 2.37. The molecule has 3 atom stereocenters. The topological polar surface area (TPSA) is 40.5 Å². The molecule has 2 nitrogen and oxygen atoms in total. The maximum Gasteiger partial charge on any atom is 0.0546 e. The minimum atomic E-state index is -0.208. The third-order valence-corrected chi connectivity index (χ3v) is 2.75. The van der Waals surface area contributed by atoms with Crippen LogP contribution in [0.25, 0.3) is 0 Å². The van der Waals surface area contributed by atoms with E-state index in [1.54, 1.807) is 0 Å². The van der Waals surface area contributed by atoms with Crippen LogP contribution in [0.1, 0.15) is 19.3 Å². The van der Waals surface area contributed by atoms with Crippen molar-refractivity contribution in [2.24, 2.45) is 11.8 Å². The molecule has 11 heavy (non-hydrogen) atoms. The summed E-state index contributed by atoms with van der Waals surface area (Å²) >= 11 is 5.59. The van der Waals surface area contributed by atoms with Gasteiger partial charge in [0.15, 0.2) is 0 Å². The predicted octanol–water partition coefficient (Wildman–Crippen LogP) is 0.995. The van der Waals surface area contributed by atoms with Crippen LogP contribution in [0.3, 0.4) is 0 Å². The van der Waals surface area contributed by atoms with E-state index in [-0.39, 0.29) is 18.6 Å². The summed E-state index contributed by atoms with van der Waals surface area (Å²) in [6, 6.07) is 0. The SMILES string of the molecule is OCC1CC(O)CC1CCCl. The predicted molar refractivity (Wildman–Crippen MR) is 44.6 cm³/mol. The van der Waals surface area contributed by atoms with Crippen molar-refractivity contribution in [2.45, 2.75) is 25.4 Å². The highest BCUT2D eigenvalue weighted by Crippen LogP contribution is 2.34. The van der Waals surface area contributed by atoms with E-state index in [4.69, 9.17) is 16.7 Å². The fraction of sp³-hybridized carbons (Fsp3) is 1.00.